The van der Waals surface area contributed by atoms with Crippen molar-refractivity contribution in [2.45, 2.75) is 70.4 Å². The largest absolute Gasteiger partial charge is 0.465 e. The van der Waals surface area contributed by atoms with Crippen molar-refractivity contribution in [1.29, 1.82) is 0 Å². The Kier molecular flexibility index (Phi) is 7.43. The van der Waals surface area contributed by atoms with Crippen LogP contribution in [0.25, 0.3) is 28.4 Å². The first kappa shape index (κ1) is 24.5. The number of esters is 1. The summed E-state index contributed by atoms with van der Waals surface area (Å²) in [6.45, 7) is 12.3. The van der Waals surface area contributed by atoms with E-state index in [9.17, 15) is 4.79 Å². The molecular formula is C27H37N3O3Si. The Morgan fingerprint density at radius 3 is 2.71 bits per heavy atom. The number of aromatic amines is 1. The van der Waals surface area contributed by atoms with Gasteiger partial charge in [-0.1, -0.05) is 51.5 Å². The number of fused-ring (bicyclic) bond motifs is 1. The van der Waals surface area contributed by atoms with Gasteiger partial charge >= 0.3 is 5.97 Å². The Balaban J connectivity index is 1.78. The molecule has 182 valence electrons. The number of hydrogen-bond acceptors (Lipinski definition) is 4. The summed E-state index contributed by atoms with van der Waals surface area (Å²) in [5.74, 6) is 0.139. The third-order valence-corrected chi connectivity index (χ3v) is 8.50. The molecule has 1 aliphatic carbocycles. The smallest absolute Gasteiger partial charge is 0.337 e. The summed E-state index contributed by atoms with van der Waals surface area (Å²) in [6.07, 6.45) is 9.77. The van der Waals surface area contributed by atoms with Crippen LogP contribution in [0, 0.1) is 0 Å². The molecule has 0 saturated heterocycles. The van der Waals surface area contributed by atoms with Crippen LogP contribution < -0.4 is 0 Å². The van der Waals surface area contributed by atoms with Crippen LogP contribution in [0.2, 0.25) is 25.7 Å². The predicted octanol–water partition coefficient (Wildman–Crippen LogP) is 6.82. The van der Waals surface area contributed by atoms with Gasteiger partial charge in [-0.15, -0.1) is 0 Å². The van der Waals surface area contributed by atoms with Gasteiger partial charge in [-0.3, -0.25) is 0 Å². The van der Waals surface area contributed by atoms with Gasteiger partial charge in [0.2, 0.25) is 0 Å². The SMILES string of the molecule is C=Cc1ncn(COCC[Si](C)(C)C)c1-c1[nH]c2cc(C(=O)OC)ccc2c1C1CCCCC1. The Hall–Kier alpha value is -2.64. The van der Waals surface area contributed by atoms with E-state index in [0.29, 0.717) is 18.2 Å². The number of ether oxygens (including phenoxy) is 2. The molecule has 0 spiro atoms. The summed E-state index contributed by atoms with van der Waals surface area (Å²) in [5.41, 5.74) is 5.71. The van der Waals surface area contributed by atoms with Crippen LogP contribution in [-0.4, -0.2) is 42.3 Å². The molecular weight excluding hydrogens is 442 g/mol. The fraction of sp³-hybridized carbons (Fsp3) is 0.481. The molecule has 7 heteroatoms. The van der Waals surface area contributed by atoms with E-state index in [-0.39, 0.29) is 5.97 Å². The van der Waals surface area contributed by atoms with Crippen LogP contribution in [0.1, 0.15) is 59.6 Å². The average Bonchev–Trinajstić information content (AvgIpc) is 3.41. The predicted molar refractivity (Wildman–Crippen MR) is 141 cm³/mol. The van der Waals surface area contributed by atoms with E-state index < -0.39 is 8.07 Å². The molecule has 0 atom stereocenters. The number of H-pyrrole nitrogens is 1. The number of hydrogen-bond donors (Lipinski definition) is 1. The molecule has 4 rings (SSSR count). The molecule has 1 aliphatic rings. The molecule has 0 unspecified atom stereocenters. The number of nitrogens with one attached hydrogen (secondary N) is 1. The maximum absolute atomic E-state index is 12.2. The van der Waals surface area contributed by atoms with E-state index in [4.69, 9.17) is 9.47 Å². The fourth-order valence-electron chi connectivity index (χ4n) is 4.92. The van der Waals surface area contributed by atoms with Gasteiger partial charge in [0, 0.05) is 25.6 Å². The van der Waals surface area contributed by atoms with E-state index in [2.05, 4.69) is 46.8 Å². The molecule has 1 saturated carbocycles. The van der Waals surface area contributed by atoms with Gasteiger partial charge in [-0.25, -0.2) is 9.78 Å². The number of rotatable bonds is 9. The van der Waals surface area contributed by atoms with Gasteiger partial charge in [-0.2, -0.15) is 0 Å². The molecule has 0 amide bonds. The van der Waals surface area contributed by atoms with Crippen LogP contribution in [0.3, 0.4) is 0 Å². The summed E-state index contributed by atoms with van der Waals surface area (Å²) in [7, 11) is 0.258. The van der Waals surface area contributed by atoms with Gasteiger partial charge in [0.05, 0.1) is 36.1 Å². The second-order valence-corrected chi connectivity index (χ2v) is 16.1. The molecule has 1 fully saturated rings. The molecule has 0 bridgehead atoms. The lowest BCUT2D eigenvalue weighted by atomic mass is 9.82. The topological polar surface area (TPSA) is 69.1 Å². The molecule has 3 aromatic rings. The molecule has 34 heavy (non-hydrogen) atoms. The van der Waals surface area contributed by atoms with Gasteiger partial charge in [0.1, 0.15) is 6.73 Å². The van der Waals surface area contributed by atoms with Crippen molar-refractivity contribution in [1.82, 2.24) is 14.5 Å². The molecule has 0 aliphatic heterocycles. The van der Waals surface area contributed by atoms with Crippen LogP contribution in [0.4, 0.5) is 0 Å². The Bertz CT molecular complexity index is 1170. The third kappa shape index (κ3) is 5.20. The standard InChI is InChI=1S/C27H37N3O3Si/c1-6-22-26(30(17-28-22)18-33-14-15-34(3,4)5)25-24(19-10-8-7-9-11-19)21-13-12-20(27(31)32-2)16-23(21)29-25/h6,12-13,16-17,19,29H,1,7-11,14-15,18H2,2-5H3. The van der Waals surface area contributed by atoms with Crippen molar-refractivity contribution in [3.05, 3.63) is 47.9 Å². The van der Waals surface area contributed by atoms with Crippen molar-refractivity contribution < 1.29 is 14.3 Å². The van der Waals surface area contributed by atoms with Gasteiger partial charge < -0.3 is 19.0 Å². The number of nitrogens with zero attached hydrogens (tertiary/aromatic N) is 2. The summed E-state index contributed by atoms with van der Waals surface area (Å²) >= 11 is 0. The molecule has 0 radical (unpaired) electrons. The van der Waals surface area contributed by atoms with Crippen molar-refractivity contribution >= 4 is 31.0 Å². The number of aromatic nitrogens is 3. The number of imidazole rings is 1. The Morgan fingerprint density at radius 1 is 1.26 bits per heavy atom. The van der Waals surface area contributed by atoms with Crippen molar-refractivity contribution in [2.75, 3.05) is 13.7 Å². The normalized spacial score (nSPS) is 15.1. The first-order valence-electron chi connectivity index (χ1n) is 12.3. The summed E-state index contributed by atoms with van der Waals surface area (Å²) in [6, 6.07) is 6.95. The molecule has 1 N–H and O–H groups in total. The lowest BCUT2D eigenvalue weighted by molar-refractivity contribution is 0.0601. The van der Waals surface area contributed by atoms with Crippen LogP contribution in [-0.2, 0) is 16.2 Å². The number of methoxy groups -OCH3 is 1. The second kappa shape index (κ2) is 10.3. The Morgan fingerprint density at radius 2 is 2.03 bits per heavy atom. The minimum absolute atomic E-state index is 0.329. The highest BCUT2D eigenvalue weighted by atomic mass is 28.3. The molecule has 6 nitrogen and oxygen atoms in total. The zero-order valence-electron chi connectivity index (χ0n) is 20.9. The highest BCUT2D eigenvalue weighted by Crippen LogP contribution is 2.43. The Labute approximate surface area is 203 Å². The monoisotopic (exact) mass is 479 g/mol. The summed E-state index contributed by atoms with van der Waals surface area (Å²) < 4.78 is 13.1. The lowest BCUT2D eigenvalue weighted by Gasteiger charge is -2.23. The maximum atomic E-state index is 12.2. The first-order chi connectivity index (χ1) is 16.3. The highest BCUT2D eigenvalue weighted by Gasteiger charge is 2.27. The number of carbonyl (C=O) groups excluding carboxylic acids is 1. The minimum Gasteiger partial charge on any atom is -0.465 e. The lowest BCUT2D eigenvalue weighted by Crippen LogP contribution is -2.22. The van der Waals surface area contributed by atoms with Crippen molar-refractivity contribution in [3.8, 4) is 11.4 Å². The van der Waals surface area contributed by atoms with Crippen molar-refractivity contribution in [2.24, 2.45) is 0 Å². The van der Waals surface area contributed by atoms with Crippen molar-refractivity contribution in [3.63, 3.8) is 0 Å². The number of benzene rings is 1. The zero-order valence-corrected chi connectivity index (χ0v) is 21.9. The van der Waals surface area contributed by atoms with E-state index in [1.165, 1.54) is 44.8 Å². The van der Waals surface area contributed by atoms with E-state index >= 15 is 0 Å². The minimum atomic E-state index is -1.16. The summed E-state index contributed by atoms with van der Waals surface area (Å²) in [5, 5.41) is 1.16. The van der Waals surface area contributed by atoms with Gasteiger partial charge in [-0.05, 0) is 48.6 Å². The van der Waals surface area contributed by atoms with Crippen LogP contribution in [0.15, 0.2) is 31.1 Å². The highest BCUT2D eigenvalue weighted by molar-refractivity contribution is 6.76. The third-order valence-electron chi connectivity index (χ3n) is 6.80. The van der Waals surface area contributed by atoms with Crippen LogP contribution >= 0.6 is 0 Å². The van der Waals surface area contributed by atoms with Crippen LogP contribution in [0.5, 0.6) is 0 Å². The zero-order chi connectivity index (χ0) is 24.3. The fourth-order valence-corrected chi connectivity index (χ4v) is 5.68. The average molecular weight is 480 g/mol. The quantitative estimate of drug-likeness (QED) is 0.208. The van der Waals surface area contributed by atoms with E-state index in [1.54, 1.807) is 0 Å². The molecule has 1 aromatic carbocycles. The number of carbonyl (C=O) groups is 1. The second-order valence-electron chi connectivity index (χ2n) is 10.5. The van der Waals surface area contributed by atoms with E-state index in [1.807, 2.05) is 24.5 Å². The van der Waals surface area contributed by atoms with Gasteiger partial charge in [0.25, 0.3) is 0 Å². The first-order valence-corrected chi connectivity index (χ1v) is 16.0. The van der Waals surface area contributed by atoms with E-state index in [0.717, 1.165) is 40.6 Å². The molecule has 2 heterocycles. The molecule has 2 aromatic heterocycles. The van der Waals surface area contributed by atoms with Gasteiger partial charge in [0.15, 0.2) is 0 Å². The summed E-state index contributed by atoms with van der Waals surface area (Å²) in [4.78, 5) is 20.5. The maximum Gasteiger partial charge on any atom is 0.337 e.